The molecule has 0 aliphatic rings. The van der Waals surface area contributed by atoms with Gasteiger partial charge >= 0.3 is 12.1 Å². The topological polar surface area (TPSA) is 83.3 Å². The van der Waals surface area contributed by atoms with E-state index in [9.17, 15) is 18.3 Å². The van der Waals surface area contributed by atoms with Crippen LogP contribution in [-0.4, -0.2) is 32.3 Å². The molecule has 0 saturated heterocycles. The number of phenolic OH excluding ortho intramolecular Hbond substituents is 1. The molecule has 124 valence electrons. The number of pyridine rings is 2. The fraction of sp³-hybridized carbons (Fsp3) is 0.0625. The average Bonchev–Trinajstić information content (AvgIpc) is 2.55. The van der Waals surface area contributed by atoms with Crippen LogP contribution in [0.2, 0.25) is 0 Å². The third-order valence-electron chi connectivity index (χ3n) is 2.95. The minimum atomic E-state index is -5.08. The largest absolute Gasteiger partial charge is 0.506 e. The first-order valence-electron chi connectivity index (χ1n) is 6.57. The monoisotopic (exact) mass is 336 g/mol. The van der Waals surface area contributed by atoms with Crippen LogP contribution in [-0.2, 0) is 4.79 Å². The molecule has 8 heteroatoms. The van der Waals surface area contributed by atoms with E-state index < -0.39 is 12.1 Å². The van der Waals surface area contributed by atoms with Crippen molar-refractivity contribution in [3.05, 3.63) is 55.0 Å². The van der Waals surface area contributed by atoms with Crippen molar-refractivity contribution in [3.63, 3.8) is 0 Å². The highest BCUT2D eigenvalue weighted by molar-refractivity contribution is 5.87. The smallest absolute Gasteiger partial charge is 0.490 e. The van der Waals surface area contributed by atoms with Gasteiger partial charge in [0.2, 0.25) is 0 Å². The van der Waals surface area contributed by atoms with Crippen LogP contribution in [0.5, 0.6) is 5.75 Å². The Bertz CT molecular complexity index is 852. The molecule has 2 heterocycles. The van der Waals surface area contributed by atoms with Gasteiger partial charge in [-0.05, 0) is 29.8 Å². The number of alkyl halides is 3. The molecule has 0 amide bonds. The Morgan fingerprint density at radius 1 is 1.04 bits per heavy atom. The van der Waals surface area contributed by atoms with E-state index in [-0.39, 0.29) is 5.75 Å². The Morgan fingerprint density at radius 2 is 1.67 bits per heavy atom. The molecule has 0 bridgehead atoms. The molecule has 24 heavy (non-hydrogen) atoms. The number of aliphatic carboxylic acids is 1. The second-order valence-electron chi connectivity index (χ2n) is 4.61. The van der Waals surface area contributed by atoms with Crippen LogP contribution < -0.4 is 0 Å². The van der Waals surface area contributed by atoms with Crippen molar-refractivity contribution in [2.24, 2.45) is 0 Å². The fourth-order valence-electron chi connectivity index (χ4n) is 1.85. The summed E-state index contributed by atoms with van der Waals surface area (Å²) in [7, 11) is 0. The lowest BCUT2D eigenvalue weighted by Crippen LogP contribution is -2.21. The summed E-state index contributed by atoms with van der Waals surface area (Å²) in [5.41, 5.74) is 2.72. The summed E-state index contributed by atoms with van der Waals surface area (Å²) in [5, 5.41) is 17.7. The van der Waals surface area contributed by atoms with Crippen molar-refractivity contribution in [3.8, 4) is 16.9 Å². The lowest BCUT2D eigenvalue weighted by molar-refractivity contribution is -0.192. The molecule has 0 atom stereocenters. The number of nitrogens with zero attached hydrogens (tertiary/aromatic N) is 2. The van der Waals surface area contributed by atoms with Gasteiger partial charge in [0.05, 0.1) is 0 Å². The summed E-state index contributed by atoms with van der Waals surface area (Å²) in [4.78, 5) is 17.2. The summed E-state index contributed by atoms with van der Waals surface area (Å²) < 4.78 is 31.7. The number of aromatic nitrogens is 2. The van der Waals surface area contributed by atoms with Gasteiger partial charge in [-0.1, -0.05) is 12.1 Å². The van der Waals surface area contributed by atoms with Crippen molar-refractivity contribution < 1.29 is 28.2 Å². The van der Waals surface area contributed by atoms with E-state index in [2.05, 4.69) is 9.97 Å². The number of fused-ring (bicyclic) bond motifs is 1. The molecule has 0 aliphatic carbocycles. The van der Waals surface area contributed by atoms with Crippen LogP contribution in [0, 0.1) is 0 Å². The molecule has 0 saturated carbocycles. The highest BCUT2D eigenvalue weighted by Crippen LogP contribution is 2.26. The molecule has 5 nitrogen and oxygen atoms in total. The molecule has 2 N–H and O–H groups in total. The summed E-state index contributed by atoms with van der Waals surface area (Å²) in [6.45, 7) is 0. The van der Waals surface area contributed by atoms with Crippen LogP contribution in [0.25, 0.3) is 22.0 Å². The predicted molar refractivity (Wildman–Crippen MR) is 80.3 cm³/mol. The number of halogens is 3. The summed E-state index contributed by atoms with van der Waals surface area (Å²) in [6.07, 6.45) is 0.182. The molecule has 3 rings (SSSR count). The standard InChI is InChI=1S/C14H10N2O.C2HF3O2/c17-13-3-1-2-11-8-12(9-16-14(11)13)10-4-6-15-7-5-10;3-2(4,5)1(6)7/h1-9,17H;(H,6,7). The maximum Gasteiger partial charge on any atom is 0.490 e. The number of carboxylic acid groups (broad SMARTS) is 1. The molecule has 3 aromatic rings. The zero-order valence-corrected chi connectivity index (χ0v) is 12.0. The van der Waals surface area contributed by atoms with E-state index in [1.165, 1.54) is 0 Å². The Morgan fingerprint density at radius 3 is 2.25 bits per heavy atom. The number of rotatable bonds is 1. The number of phenols is 1. The molecule has 0 aliphatic heterocycles. The van der Waals surface area contributed by atoms with Gasteiger partial charge in [0.25, 0.3) is 0 Å². The van der Waals surface area contributed by atoms with E-state index in [0.717, 1.165) is 16.5 Å². The average molecular weight is 336 g/mol. The first kappa shape index (κ1) is 17.2. The molecule has 1 aromatic carbocycles. The zero-order chi connectivity index (χ0) is 17.7. The number of benzene rings is 1. The number of aromatic hydroxyl groups is 1. The lowest BCUT2D eigenvalue weighted by Gasteiger charge is -2.04. The fourth-order valence-corrected chi connectivity index (χ4v) is 1.85. The second-order valence-corrected chi connectivity index (χ2v) is 4.61. The van der Waals surface area contributed by atoms with Crippen LogP contribution in [0.15, 0.2) is 55.0 Å². The minimum Gasteiger partial charge on any atom is -0.506 e. The van der Waals surface area contributed by atoms with Gasteiger partial charge in [-0.3, -0.25) is 9.97 Å². The first-order chi connectivity index (χ1) is 11.3. The van der Waals surface area contributed by atoms with Crippen molar-refractivity contribution in [2.75, 3.05) is 0 Å². The Kier molecular flexibility index (Phi) is 4.98. The van der Waals surface area contributed by atoms with E-state index in [4.69, 9.17) is 9.90 Å². The zero-order valence-electron chi connectivity index (χ0n) is 12.0. The van der Waals surface area contributed by atoms with Gasteiger partial charge in [0, 0.05) is 29.5 Å². The molecular weight excluding hydrogens is 325 g/mol. The first-order valence-corrected chi connectivity index (χ1v) is 6.57. The molecule has 2 aromatic heterocycles. The van der Waals surface area contributed by atoms with E-state index in [1.54, 1.807) is 24.7 Å². The molecule has 0 unspecified atom stereocenters. The Labute approximate surface area is 134 Å². The number of carboxylic acids is 1. The maximum absolute atomic E-state index is 10.6. The van der Waals surface area contributed by atoms with Crippen LogP contribution in [0.3, 0.4) is 0 Å². The van der Waals surface area contributed by atoms with Gasteiger partial charge in [0.1, 0.15) is 11.3 Å². The number of hydrogen-bond donors (Lipinski definition) is 2. The van der Waals surface area contributed by atoms with Gasteiger partial charge in [0.15, 0.2) is 0 Å². The molecular formula is C16H11F3N2O3. The summed E-state index contributed by atoms with van der Waals surface area (Å²) in [5.74, 6) is -2.55. The molecule has 0 radical (unpaired) electrons. The van der Waals surface area contributed by atoms with Crippen molar-refractivity contribution in [2.45, 2.75) is 6.18 Å². The van der Waals surface area contributed by atoms with Crippen LogP contribution in [0.4, 0.5) is 13.2 Å². The Hall–Kier alpha value is -3.16. The highest BCUT2D eigenvalue weighted by Gasteiger charge is 2.38. The van der Waals surface area contributed by atoms with Crippen LogP contribution in [0.1, 0.15) is 0 Å². The third-order valence-corrected chi connectivity index (χ3v) is 2.95. The second kappa shape index (κ2) is 6.95. The summed E-state index contributed by atoms with van der Waals surface area (Å²) in [6, 6.07) is 11.3. The van der Waals surface area contributed by atoms with Gasteiger partial charge in [-0.15, -0.1) is 0 Å². The third kappa shape index (κ3) is 4.19. The maximum atomic E-state index is 10.6. The number of carbonyl (C=O) groups is 1. The van der Waals surface area contributed by atoms with Crippen molar-refractivity contribution in [1.29, 1.82) is 0 Å². The molecule has 0 fully saturated rings. The van der Waals surface area contributed by atoms with Gasteiger partial charge in [-0.2, -0.15) is 13.2 Å². The SMILES string of the molecule is O=C(O)C(F)(F)F.Oc1cccc2cc(-c3ccncc3)cnc12. The normalized spacial score (nSPS) is 10.8. The van der Waals surface area contributed by atoms with Crippen LogP contribution >= 0.6 is 0 Å². The minimum absolute atomic E-state index is 0.212. The van der Waals surface area contributed by atoms with E-state index >= 15 is 0 Å². The predicted octanol–water partition coefficient (Wildman–Crippen LogP) is 3.64. The molecule has 0 spiro atoms. The van der Waals surface area contributed by atoms with Crippen molar-refractivity contribution >= 4 is 16.9 Å². The quantitative estimate of drug-likeness (QED) is 0.709. The summed E-state index contributed by atoms with van der Waals surface area (Å²) >= 11 is 0. The number of para-hydroxylation sites is 1. The lowest BCUT2D eigenvalue weighted by atomic mass is 10.1. The van der Waals surface area contributed by atoms with E-state index in [0.29, 0.717) is 5.52 Å². The van der Waals surface area contributed by atoms with Crippen molar-refractivity contribution in [1.82, 2.24) is 9.97 Å². The van der Waals surface area contributed by atoms with Gasteiger partial charge < -0.3 is 10.2 Å². The van der Waals surface area contributed by atoms with Gasteiger partial charge in [-0.25, -0.2) is 4.79 Å². The number of hydrogen-bond acceptors (Lipinski definition) is 4. The highest BCUT2D eigenvalue weighted by atomic mass is 19.4. The Balaban J connectivity index is 0.000000256. The van der Waals surface area contributed by atoms with E-state index in [1.807, 2.05) is 30.3 Å².